The second-order valence-electron chi connectivity index (χ2n) is 4.44. The molecule has 0 bridgehead atoms. The van der Waals surface area contributed by atoms with Crippen LogP contribution in [0.2, 0.25) is 10.0 Å². The van der Waals surface area contributed by atoms with E-state index in [0.29, 0.717) is 43.9 Å². The number of anilines is 1. The third kappa shape index (κ3) is 2.60. The lowest BCUT2D eigenvalue weighted by atomic mass is 10.1. The minimum absolute atomic E-state index is 0.297. The standard InChI is InChI=1S/C15H11Cl2N3O/c1-21-13-5-3-8(16)6-10(13)14-15(18)20-12-7-9(17)2-4-11(12)19-14/h2-7H,1H3,(H2,18,20). The fourth-order valence-electron chi connectivity index (χ4n) is 2.10. The first-order valence-corrected chi connectivity index (χ1v) is 6.91. The van der Waals surface area contributed by atoms with Gasteiger partial charge < -0.3 is 10.5 Å². The maximum Gasteiger partial charge on any atom is 0.150 e. The predicted molar refractivity (Wildman–Crippen MR) is 86.0 cm³/mol. The third-order valence-corrected chi connectivity index (χ3v) is 3.54. The van der Waals surface area contributed by atoms with Crippen LogP contribution in [-0.4, -0.2) is 17.1 Å². The van der Waals surface area contributed by atoms with Crippen LogP contribution in [-0.2, 0) is 0 Å². The molecule has 0 amide bonds. The van der Waals surface area contributed by atoms with Gasteiger partial charge >= 0.3 is 0 Å². The molecule has 0 aliphatic carbocycles. The molecule has 0 unspecified atom stereocenters. The highest BCUT2D eigenvalue weighted by atomic mass is 35.5. The van der Waals surface area contributed by atoms with Crippen LogP contribution >= 0.6 is 23.2 Å². The number of nitrogen functional groups attached to an aromatic ring is 1. The highest BCUT2D eigenvalue weighted by molar-refractivity contribution is 6.31. The van der Waals surface area contributed by atoms with E-state index in [2.05, 4.69) is 9.97 Å². The van der Waals surface area contributed by atoms with E-state index < -0.39 is 0 Å². The first-order valence-electron chi connectivity index (χ1n) is 6.15. The van der Waals surface area contributed by atoms with E-state index in [1.54, 1.807) is 43.5 Å². The molecule has 2 aromatic carbocycles. The van der Waals surface area contributed by atoms with E-state index >= 15 is 0 Å². The molecular formula is C15H11Cl2N3O. The van der Waals surface area contributed by atoms with Gasteiger partial charge in [-0.2, -0.15) is 0 Å². The summed E-state index contributed by atoms with van der Waals surface area (Å²) in [5.74, 6) is 0.930. The fraction of sp³-hybridized carbons (Fsp3) is 0.0667. The van der Waals surface area contributed by atoms with Crippen molar-refractivity contribution in [2.24, 2.45) is 0 Å². The maximum absolute atomic E-state index is 6.05. The average molecular weight is 320 g/mol. The molecule has 2 N–H and O–H groups in total. The molecule has 106 valence electrons. The number of ether oxygens (including phenoxy) is 1. The zero-order chi connectivity index (χ0) is 15.0. The molecule has 4 nitrogen and oxygen atoms in total. The lowest BCUT2D eigenvalue weighted by Gasteiger charge is -2.11. The number of hydrogen-bond acceptors (Lipinski definition) is 4. The van der Waals surface area contributed by atoms with Crippen LogP contribution in [0.25, 0.3) is 22.3 Å². The monoisotopic (exact) mass is 319 g/mol. The van der Waals surface area contributed by atoms with Gasteiger partial charge in [0.15, 0.2) is 5.82 Å². The van der Waals surface area contributed by atoms with Gasteiger partial charge in [-0.3, -0.25) is 0 Å². The van der Waals surface area contributed by atoms with Crippen molar-refractivity contribution in [3.05, 3.63) is 46.4 Å². The van der Waals surface area contributed by atoms with Gasteiger partial charge in [0.25, 0.3) is 0 Å². The Kier molecular flexibility index (Phi) is 3.57. The van der Waals surface area contributed by atoms with Gasteiger partial charge in [-0.1, -0.05) is 23.2 Å². The van der Waals surface area contributed by atoms with Crippen molar-refractivity contribution in [2.75, 3.05) is 12.8 Å². The lowest BCUT2D eigenvalue weighted by molar-refractivity contribution is 0.416. The highest BCUT2D eigenvalue weighted by Gasteiger charge is 2.14. The summed E-state index contributed by atoms with van der Waals surface area (Å²) in [6.45, 7) is 0. The van der Waals surface area contributed by atoms with Crippen molar-refractivity contribution < 1.29 is 4.74 Å². The SMILES string of the molecule is COc1ccc(Cl)cc1-c1nc2ccc(Cl)cc2nc1N. The van der Waals surface area contributed by atoms with E-state index in [9.17, 15) is 0 Å². The Morgan fingerprint density at radius 2 is 1.67 bits per heavy atom. The summed E-state index contributed by atoms with van der Waals surface area (Å²) in [4.78, 5) is 8.90. The van der Waals surface area contributed by atoms with Crippen LogP contribution < -0.4 is 10.5 Å². The average Bonchev–Trinajstić information content (AvgIpc) is 2.46. The topological polar surface area (TPSA) is 61.0 Å². The molecule has 3 aromatic rings. The number of benzene rings is 2. The normalized spacial score (nSPS) is 10.8. The molecule has 1 heterocycles. The van der Waals surface area contributed by atoms with E-state index in [-0.39, 0.29) is 0 Å². The summed E-state index contributed by atoms with van der Waals surface area (Å²) in [6, 6.07) is 10.5. The zero-order valence-electron chi connectivity index (χ0n) is 11.1. The Morgan fingerprint density at radius 1 is 0.952 bits per heavy atom. The molecule has 0 saturated carbocycles. The van der Waals surface area contributed by atoms with Gasteiger partial charge in [0, 0.05) is 15.6 Å². The van der Waals surface area contributed by atoms with Gasteiger partial charge in [0.05, 0.1) is 18.1 Å². The van der Waals surface area contributed by atoms with Gasteiger partial charge in [0.1, 0.15) is 11.4 Å². The van der Waals surface area contributed by atoms with Crippen LogP contribution in [0.15, 0.2) is 36.4 Å². The van der Waals surface area contributed by atoms with Crippen molar-refractivity contribution >= 4 is 40.1 Å². The van der Waals surface area contributed by atoms with Crippen LogP contribution in [0.4, 0.5) is 5.82 Å². The van der Waals surface area contributed by atoms with Crippen molar-refractivity contribution in [3.8, 4) is 17.0 Å². The molecule has 0 fully saturated rings. The lowest BCUT2D eigenvalue weighted by Crippen LogP contribution is -2.00. The quantitative estimate of drug-likeness (QED) is 0.769. The zero-order valence-corrected chi connectivity index (χ0v) is 12.6. The van der Waals surface area contributed by atoms with E-state index in [1.165, 1.54) is 0 Å². The molecule has 0 saturated heterocycles. The second-order valence-corrected chi connectivity index (χ2v) is 5.31. The van der Waals surface area contributed by atoms with Crippen LogP contribution in [0.3, 0.4) is 0 Å². The molecule has 0 spiro atoms. The number of hydrogen-bond donors (Lipinski definition) is 1. The number of nitrogens with two attached hydrogens (primary N) is 1. The molecule has 3 rings (SSSR count). The number of rotatable bonds is 2. The predicted octanol–water partition coefficient (Wildman–Crippen LogP) is 4.19. The Morgan fingerprint density at radius 3 is 2.43 bits per heavy atom. The Balaban J connectivity index is 2.27. The van der Waals surface area contributed by atoms with Crippen LogP contribution in [0, 0.1) is 0 Å². The highest BCUT2D eigenvalue weighted by Crippen LogP contribution is 2.34. The molecule has 6 heteroatoms. The molecule has 21 heavy (non-hydrogen) atoms. The fourth-order valence-corrected chi connectivity index (χ4v) is 2.44. The number of aromatic nitrogens is 2. The number of methoxy groups -OCH3 is 1. The van der Waals surface area contributed by atoms with Crippen LogP contribution in [0.5, 0.6) is 5.75 Å². The summed E-state index contributed by atoms with van der Waals surface area (Å²) in [5, 5.41) is 1.16. The minimum atomic E-state index is 0.297. The van der Waals surface area contributed by atoms with Crippen molar-refractivity contribution in [1.82, 2.24) is 9.97 Å². The molecule has 0 aliphatic rings. The summed E-state index contributed by atoms with van der Waals surface area (Å²) >= 11 is 12.0. The molecule has 0 aliphatic heterocycles. The first kappa shape index (κ1) is 13.9. The van der Waals surface area contributed by atoms with Crippen molar-refractivity contribution in [2.45, 2.75) is 0 Å². The van der Waals surface area contributed by atoms with Crippen molar-refractivity contribution in [1.29, 1.82) is 0 Å². The van der Waals surface area contributed by atoms with Gasteiger partial charge in [0.2, 0.25) is 0 Å². The van der Waals surface area contributed by atoms with Gasteiger partial charge in [-0.05, 0) is 36.4 Å². The Hall–Kier alpha value is -2.04. The number of fused-ring (bicyclic) bond motifs is 1. The summed E-state index contributed by atoms with van der Waals surface area (Å²) < 4.78 is 5.34. The van der Waals surface area contributed by atoms with E-state index in [4.69, 9.17) is 33.7 Å². The molecule has 0 atom stereocenters. The molecular weight excluding hydrogens is 309 g/mol. The van der Waals surface area contributed by atoms with E-state index in [0.717, 1.165) is 0 Å². The summed E-state index contributed by atoms with van der Waals surface area (Å²) in [5.41, 5.74) is 8.60. The minimum Gasteiger partial charge on any atom is -0.496 e. The molecule has 0 radical (unpaired) electrons. The number of halogens is 2. The van der Waals surface area contributed by atoms with Gasteiger partial charge in [-0.25, -0.2) is 9.97 Å². The maximum atomic E-state index is 6.05. The first-order chi connectivity index (χ1) is 10.1. The van der Waals surface area contributed by atoms with Gasteiger partial charge in [-0.15, -0.1) is 0 Å². The summed E-state index contributed by atoms with van der Waals surface area (Å²) in [7, 11) is 1.58. The second kappa shape index (κ2) is 5.39. The van der Waals surface area contributed by atoms with Crippen LogP contribution in [0.1, 0.15) is 0 Å². The van der Waals surface area contributed by atoms with Crippen molar-refractivity contribution in [3.63, 3.8) is 0 Å². The summed E-state index contributed by atoms with van der Waals surface area (Å²) in [6.07, 6.45) is 0. The Labute approximate surface area is 131 Å². The Bertz CT molecular complexity index is 837. The number of nitrogens with zero attached hydrogens (tertiary/aromatic N) is 2. The smallest absolute Gasteiger partial charge is 0.150 e. The largest absolute Gasteiger partial charge is 0.496 e. The van der Waals surface area contributed by atoms with E-state index in [1.807, 2.05) is 0 Å². The molecule has 1 aromatic heterocycles. The third-order valence-electron chi connectivity index (χ3n) is 3.07.